The van der Waals surface area contributed by atoms with E-state index in [4.69, 9.17) is 8.83 Å². The number of nitrogens with zero attached hydrogens (tertiary/aromatic N) is 2. The van der Waals surface area contributed by atoms with Crippen LogP contribution in [0.1, 0.15) is 0 Å². The van der Waals surface area contributed by atoms with Gasteiger partial charge in [0.15, 0.2) is 0 Å². The van der Waals surface area contributed by atoms with Gasteiger partial charge in [-0.1, -0.05) is 297 Å². The van der Waals surface area contributed by atoms with E-state index >= 15 is 0 Å². The van der Waals surface area contributed by atoms with Crippen LogP contribution >= 0.6 is 0 Å². The molecular weight excluding hydrogens is 1310 g/mol. The molecule has 2 aromatic heterocycles. The van der Waals surface area contributed by atoms with E-state index in [0.717, 1.165) is 117 Å². The maximum atomic E-state index is 6.54. The van der Waals surface area contributed by atoms with Crippen LogP contribution in [0.5, 0.6) is 0 Å². The Kier molecular flexibility index (Phi) is 14.9. The molecule has 2 heterocycles. The molecule has 0 unspecified atom stereocenters. The average molecular weight is 1380 g/mol. The first-order chi connectivity index (χ1) is 53.5. The summed E-state index contributed by atoms with van der Waals surface area (Å²) in [5.41, 5.74) is 26.2. The molecule has 0 atom stereocenters. The second-order valence-electron chi connectivity index (χ2n) is 28.3. The monoisotopic (exact) mass is 1370 g/mol. The number of fused-ring (bicyclic) bond motifs is 12. The predicted octanol–water partition coefficient (Wildman–Crippen LogP) is 29.9. The molecule has 0 bridgehead atoms. The maximum absolute atomic E-state index is 6.54. The smallest absolute Gasteiger partial charge is 0.143 e. The zero-order valence-electron chi connectivity index (χ0n) is 58.8. The number of para-hydroxylation sites is 4. The number of benzene rings is 19. The number of hydrogen-bond acceptors (Lipinski definition) is 4. The van der Waals surface area contributed by atoms with Crippen LogP contribution in [0.25, 0.3) is 176 Å². The molecule has 0 aliphatic heterocycles. The summed E-state index contributed by atoms with van der Waals surface area (Å²) in [6.45, 7) is 0. The van der Waals surface area contributed by atoms with Gasteiger partial charge in [-0.2, -0.15) is 0 Å². The van der Waals surface area contributed by atoms with Crippen LogP contribution in [0.4, 0.5) is 34.1 Å². The molecule has 0 saturated carbocycles. The van der Waals surface area contributed by atoms with Crippen molar-refractivity contribution >= 4 is 132 Å². The van der Waals surface area contributed by atoms with Crippen LogP contribution < -0.4 is 9.80 Å². The lowest BCUT2D eigenvalue weighted by Crippen LogP contribution is -2.10. The van der Waals surface area contributed by atoms with Gasteiger partial charge in [0.1, 0.15) is 22.3 Å². The van der Waals surface area contributed by atoms with Crippen molar-refractivity contribution < 1.29 is 8.83 Å². The van der Waals surface area contributed by atoms with Crippen molar-refractivity contribution in [3.8, 4) is 77.9 Å². The fourth-order valence-corrected chi connectivity index (χ4v) is 16.5. The second kappa shape index (κ2) is 25.8. The zero-order valence-corrected chi connectivity index (χ0v) is 58.8. The Morgan fingerprint density at radius 1 is 0.157 bits per heavy atom. The summed E-state index contributed by atoms with van der Waals surface area (Å²) in [6.07, 6.45) is 0. The Balaban J connectivity index is 0.553. The van der Waals surface area contributed by atoms with Gasteiger partial charge in [0.05, 0.1) is 5.69 Å². The fraction of sp³-hybridized carbons (Fsp3) is 0. The van der Waals surface area contributed by atoms with E-state index < -0.39 is 0 Å². The van der Waals surface area contributed by atoms with Crippen molar-refractivity contribution in [1.82, 2.24) is 0 Å². The first-order valence-corrected chi connectivity index (χ1v) is 37.0. The van der Waals surface area contributed by atoms with Gasteiger partial charge in [-0.3, -0.25) is 0 Å². The molecule has 0 saturated heterocycles. The standard InChI is InChI=1S/C104H66N2O2/c1-3-14-77-62-79(35-34-67(77)12-1)73-30-26-70(27-31-73)72-42-53-88(54-43-72)106(89-57-47-76(48-58-89)93-19-10-22-99-97-17-6-8-25-102(97)108-104(93)99)100-23-11-20-94-91-60-49-84(65-85(91)50-61-95(94)100)83-39-38-81-63-80(36-37-82(81)64-83)74-32-28-69(29-33-74)71-40-51-86(52-41-71)105(90-59-44-68-13-2-4-15-78(68)66-90)87-55-45-75(46-56-87)92-18-9-21-98-96-16-5-7-24-101(96)107-103(92)98/h1-66H. The van der Waals surface area contributed by atoms with Gasteiger partial charge in [-0.15, -0.1) is 0 Å². The third-order valence-corrected chi connectivity index (χ3v) is 22.0. The van der Waals surface area contributed by atoms with Crippen molar-refractivity contribution in [2.75, 3.05) is 9.80 Å². The van der Waals surface area contributed by atoms with Gasteiger partial charge in [0.25, 0.3) is 0 Å². The third kappa shape index (κ3) is 11.0. The lowest BCUT2D eigenvalue weighted by Gasteiger charge is -2.27. The second-order valence-corrected chi connectivity index (χ2v) is 28.3. The third-order valence-electron chi connectivity index (χ3n) is 22.0. The van der Waals surface area contributed by atoms with Gasteiger partial charge in [0, 0.05) is 66.5 Å². The van der Waals surface area contributed by atoms with Gasteiger partial charge < -0.3 is 18.6 Å². The lowest BCUT2D eigenvalue weighted by molar-refractivity contribution is 0.669. The molecule has 19 aromatic carbocycles. The van der Waals surface area contributed by atoms with E-state index in [0.29, 0.717) is 0 Å². The van der Waals surface area contributed by atoms with Gasteiger partial charge in [-0.25, -0.2) is 0 Å². The normalized spacial score (nSPS) is 11.7. The van der Waals surface area contributed by atoms with Gasteiger partial charge in [-0.05, 0) is 218 Å². The summed E-state index contributed by atoms with van der Waals surface area (Å²) in [5, 5.41) is 16.6. The molecule has 21 rings (SSSR count). The maximum Gasteiger partial charge on any atom is 0.143 e. The predicted molar refractivity (Wildman–Crippen MR) is 456 cm³/mol. The highest BCUT2D eigenvalue weighted by Crippen LogP contribution is 2.46. The number of rotatable bonds is 13. The van der Waals surface area contributed by atoms with Crippen LogP contribution in [0.15, 0.2) is 409 Å². The summed E-state index contributed by atoms with van der Waals surface area (Å²) >= 11 is 0. The minimum Gasteiger partial charge on any atom is -0.455 e. The van der Waals surface area contributed by atoms with Gasteiger partial charge in [0.2, 0.25) is 0 Å². The van der Waals surface area contributed by atoms with Crippen LogP contribution in [0, 0.1) is 0 Å². The summed E-state index contributed by atoms with van der Waals surface area (Å²) < 4.78 is 13.0. The quantitative estimate of drug-likeness (QED) is 0.108. The molecule has 504 valence electrons. The Morgan fingerprint density at radius 2 is 0.463 bits per heavy atom. The number of furan rings is 2. The molecule has 0 radical (unpaired) electrons. The van der Waals surface area contributed by atoms with E-state index in [-0.39, 0.29) is 0 Å². The van der Waals surface area contributed by atoms with Crippen LogP contribution in [0.2, 0.25) is 0 Å². The molecular formula is C104H66N2O2. The largest absolute Gasteiger partial charge is 0.455 e. The van der Waals surface area contributed by atoms with Crippen LogP contribution in [-0.4, -0.2) is 0 Å². The summed E-state index contributed by atoms with van der Waals surface area (Å²) in [4.78, 5) is 4.76. The Hall–Kier alpha value is -14.3. The molecule has 4 nitrogen and oxygen atoms in total. The lowest BCUT2D eigenvalue weighted by atomic mass is 9.94. The van der Waals surface area contributed by atoms with Crippen molar-refractivity contribution in [3.63, 3.8) is 0 Å². The van der Waals surface area contributed by atoms with Crippen LogP contribution in [-0.2, 0) is 0 Å². The molecule has 0 spiro atoms. The first-order valence-electron chi connectivity index (χ1n) is 37.0. The molecule has 0 N–H and O–H groups in total. The minimum absolute atomic E-state index is 0.894. The molecule has 0 amide bonds. The number of anilines is 6. The van der Waals surface area contributed by atoms with E-state index in [1.165, 1.54) is 92.8 Å². The highest BCUT2D eigenvalue weighted by atomic mass is 16.3. The molecule has 21 aromatic rings. The summed E-state index contributed by atoms with van der Waals surface area (Å²) in [6, 6.07) is 146. The number of hydrogen-bond donors (Lipinski definition) is 0. The molecule has 4 heteroatoms. The topological polar surface area (TPSA) is 32.8 Å². The summed E-state index contributed by atoms with van der Waals surface area (Å²) in [5.74, 6) is 0. The Morgan fingerprint density at radius 3 is 0.963 bits per heavy atom. The molecule has 0 aliphatic rings. The first kappa shape index (κ1) is 62.3. The Labute approximate surface area is 624 Å². The molecule has 0 aliphatic carbocycles. The van der Waals surface area contributed by atoms with E-state index in [2.05, 4.69) is 386 Å². The van der Waals surface area contributed by atoms with E-state index in [1.54, 1.807) is 0 Å². The zero-order chi connectivity index (χ0) is 71.2. The van der Waals surface area contributed by atoms with Crippen molar-refractivity contribution in [2.45, 2.75) is 0 Å². The van der Waals surface area contributed by atoms with Gasteiger partial charge >= 0.3 is 0 Å². The van der Waals surface area contributed by atoms with Crippen molar-refractivity contribution in [1.29, 1.82) is 0 Å². The van der Waals surface area contributed by atoms with Crippen molar-refractivity contribution in [2.24, 2.45) is 0 Å². The highest BCUT2D eigenvalue weighted by molar-refractivity contribution is 6.15. The van der Waals surface area contributed by atoms with E-state index in [1.807, 2.05) is 24.3 Å². The van der Waals surface area contributed by atoms with E-state index in [9.17, 15) is 0 Å². The Bertz CT molecular complexity index is 7070. The fourth-order valence-electron chi connectivity index (χ4n) is 16.5. The average Bonchev–Trinajstić information content (AvgIpc) is 1.06. The highest BCUT2D eigenvalue weighted by Gasteiger charge is 2.21. The molecule has 0 fully saturated rings. The van der Waals surface area contributed by atoms with Crippen LogP contribution in [0.3, 0.4) is 0 Å². The summed E-state index contributed by atoms with van der Waals surface area (Å²) in [7, 11) is 0. The van der Waals surface area contributed by atoms with Crippen molar-refractivity contribution in [3.05, 3.63) is 400 Å². The SMILES string of the molecule is c1ccc2cc(-c3ccc(-c4ccc(N(c5ccc(-c6cccc7c6oc6ccccc67)cc5)c5cccc6c5ccc5cc(-c7ccc8cc(-c9ccc(-c%10ccc(N(c%11ccc(-c%12cccc%13c%12oc%12ccccc%12%13)cc%11)c%11ccc%12ccccc%12c%11)cc%10)cc9)ccc8c7)ccc56)cc4)cc3)ccc2c1. The minimum atomic E-state index is 0.894. The molecule has 108 heavy (non-hydrogen) atoms.